The third-order valence-corrected chi connectivity index (χ3v) is 5.15. The highest BCUT2D eigenvalue weighted by Gasteiger charge is 2.50. The third kappa shape index (κ3) is 3.64. The van der Waals surface area contributed by atoms with E-state index in [4.69, 9.17) is 9.47 Å². The van der Waals surface area contributed by atoms with Crippen LogP contribution in [0, 0.1) is 5.92 Å². The number of ether oxygens (including phenoxy) is 2. The van der Waals surface area contributed by atoms with Gasteiger partial charge in [0.1, 0.15) is 6.10 Å². The van der Waals surface area contributed by atoms with Crippen LogP contribution in [0.4, 0.5) is 0 Å². The minimum absolute atomic E-state index is 0.00326. The number of benzene rings is 2. The molecule has 0 radical (unpaired) electrons. The zero-order valence-electron chi connectivity index (χ0n) is 15.1. The molecule has 0 aliphatic carbocycles. The third-order valence-electron chi connectivity index (χ3n) is 5.15. The van der Waals surface area contributed by atoms with E-state index in [-0.39, 0.29) is 6.10 Å². The molecule has 4 unspecified atom stereocenters. The van der Waals surface area contributed by atoms with Gasteiger partial charge in [0.2, 0.25) is 5.79 Å². The van der Waals surface area contributed by atoms with E-state index in [1.165, 1.54) is 0 Å². The van der Waals surface area contributed by atoms with Crippen LogP contribution in [0.2, 0.25) is 0 Å². The van der Waals surface area contributed by atoms with Crippen molar-refractivity contribution < 1.29 is 14.6 Å². The van der Waals surface area contributed by atoms with E-state index in [9.17, 15) is 5.11 Å². The topological polar surface area (TPSA) is 38.7 Å². The second-order valence-electron chi connectivity index (χ2n) is 6.77. The molecule has 2 aromatic carbocycles. The minimum atomic E-state index is -1.14. The molecule has 1 heterocycles. The van der Waals surface area contributed by atoms with Crippen molar-refractivity contribution in [3.63, 3.8) is 0 Å². The quantitative estimate of drug-likeness (QED) is 0.786. The molecule has 134 valence electrons. The Morgan fingerprint density at radius 3 is 2.28 bits per heavy atom. The predicted molar refractivity (Wildman–Crippen MR) is 99.0 cm³/mol. The number of rotatable bonds is 7. The van der Waals surface area contributed by atoms with Gasteiger partial charge in [-0.05, 0) is 17.9 Å². The van der Waals surface area contributed by atoms with E-state index >= 15 is 0 Å². The fourth-order valence-electron chi connectivity index (χ4n) is 3.73. The zero-order valence-corrected chi connectivity index (χ0v) is 15.1. The van der Waals surface area contributed by atoms with Gasteiger partial charge in [-0.15, -0.1) is 0 Å². The first-order valence-electron chi connectivity index (χ1n) is 9.31. The Kier molecular flexibility index (Phi) is 5.89. The van der Waals surface area contributed by atoms with Crippen LogP contribution in [0.3, 0.4) is 0 Å². The lowest BCUT2D eigenvalue weighted by atomic mass is 9.93. The maximum absolute atomic E-state index is 11.2. The highest BCUT2D eigenvalue weighted by Crippen LogP contribution is 2.46. The van der Waals surface area contributed by atoms with Gasteiger partial charge in [0, 0.05) is 5.56 Å². The van der Waals surface area contributed by atoms with Gasteiger partial charge in [0.15, 0.2) is 0 Å². The summed E-state index contributed by atoms with van der Waals surface area (Å²) in [6.45, 7) is 4.90. The molecule has 0 saturated carbocycles. The summed E-state index contributed by atoms with van der Waals surface area (Å²) in [6, 6.07) is 19.4. The summed E-state index contributed by atoms with van der Waals surface area (Å²) in [5, 5.41) is 11.2. The van der Waals surface area contributed by atoms with E-state index < -0.39 is 11.9 Å². The van der Waals surface area contributed by atoms with Crippen molar-refractivity contribution in [1.29, 1.82) is 0 Å². The average molecular weight is 340 g/mol. The standard InChI is InChI=1S/C22H28O3/c1-3-11-17(4-2)20-16-24-22(25-20,19-14-9-6-10-15-19)21(23)18-12-7-5-8-13-18/h5-10,12-15,17,20-21,23H,3-4,11,16H2,1-2H3. The largest absolute Gasteiger partial charge is 0.382 e. The summed E-state index contributed by atoms with van der Waals surface area (Å²) in [7, 11) is 0. The Morgan fingerprint density at radius 2 is 1.68 bits per heavy atom. The number of hydrogen-bond donors (Lipinski definition) is 1. The summed E-state index contributed by atoms with van der Waals surface area (Å²) in [6.07, 6.45) is 2.41. The van der Waals surface area contributed by atoms with Crippen molar-refractivity contribution in [2.45, 2.75) is 51.1 Å². The van der Waals surface area contributed by atoms with Crippen LogP contribution in [-0.4, -0.2) is 17.8 Å². The molecule has 1 fully saturated rings. The molecule has 25 heavy (non-hydrogen) atoms. The Morgan fingerprint density at radius 1 is 1.04 bits per heavy atom. The molecule has 3 heteroatoms. The highest BCUT2D eigenvalue weighted by molar-refractivity contribution is 5.28. The van der Waals surface area contributed by atoms with Crippen LogP contribution in [0.1, 0.15) is 50.3 Å². The maximum Gasteiger partial charge on any atom is 0.226 e. The van der Waals surface area contributed by atoms with Gasteiger partial charge < -0.3 is 14.6 Å². The maximum atomic E-state index is 11.2. The van der Waals surface area contributed by atoms with E-state index in [2.05, 4.69) is 13.8 Å². The van der Waals surface area contributed by atoms with Crippen LogP contribution in [0.5, 0.6) is 0 Å². The smallest absolute Gasteiger partial charge is 0.226 e. The van der Waals surface area contributed by atoms with Crippen molar-refractivity contribution >= 4 is 0 Å². The van der Waals surface area contributed by atoms with Crippen LogP contribution in [0.15, 0.2) is 60.7 Å². The molecule has 0 bridgehead atoms. The molecular formula is C22H28O3. The second kappa shape index (κ2) is 8.13. The molecule has 4 atom stereocenters. The number of aliphatic hydroxyl groups excluding tert-OH is 1. The lowest BCUT2D eigenvalue weighted by molar-refractivity contribution is -0.244. The molecule has 1 aliphatic heterocycles. The number of hydrogen-bond acceptors (Lipinski definition) is 3. The highest BCUT2D eigenvalue weighted by atomic mass is 16.8. The van der Waals surface area contributed by atoms with Gasteiger partial charge >= 0.3 is 0 Å². The normalized spacial score (nSPS) is 25.6. The summed E-state index contributed by atoms with van der Waals surface area (Å²) >= 11 is 0. The van der Waals surface area contributed by atoms with Gasteiger partial charge in [-0.2, -0.15) is 0 Å². The summed E-state index contributed by atoms with van der Waals surface area (Å²) in [5.74, 6) is -0.701. The summed E-state index contributed by atoms with van der Waals surface area (Å²) < 4.78 is 12.7. The van der Waals surface area contributed by atoms with Gasteiger partial charge in [0.25, 0.3) is 0 Å². The van der Waals surface area contributed by atoms with Gasteiger partial charge in [-0.1, -0.05) is 87.4 Å². The fraction of sp³-hybridized carbons (Fsp3) is 0.455. The van der Waals surface area contributed by atoms with Crippen LogP contribution in [-0.2, 0) is 15.3 Å². The van der Waals surface area contributed by atoms with Crippen molar-refractivity contribution in [1.82, 2.24) is 0 Å². The molecule has 1 aliphatic rings. The first-order chi connectivity index (χ1) is 12.2. The molecule has 0 amide bonds. The molecule has 1 N–H and O–H groups in total. The molecule has 3 rings (SSSR count). The monoisotopic (exact) mass is 340 g/mol. The van der Waals surface area contributed by atoms with E-state index in [1.807, 2.05) is 60.7 Å². The fourth-order valence-corrected chi connectivity index (χ4v) is 3.73. The number of aliphatic hydroxyl groups is 1. The van der Waals surface area contributed by atoms with E-state index in [0.29, 0.717) is 12.5 Å². The predicted octanol–water partition coefficient (Wildman–Crippen LogP) is 4.81. The van der Waals surface area contributed by atoms with Crippen molar-refractivity contribution in [3.05, 3.63) is 71.8 Å². The van der Waals surface area contributed by atoms with Crippen LogP contribution >= 0.6 is 0 Å². The SMILES string of the molecule is CCCC(CC)C1COC(c2ccccc2)(C(O)c2ccccc2)O1. The second-order valence-corrected chi connectivity index (χ2v) is 6.77. The molecular weight excluding hydrogens is 312 g/mol. The van der Waals surface area contributed by atoms with Crippen molar-refractivity contribution in [3.8, 4) is 0 Å². The average Bonchev–Trinajstić information content (AvgIpc) is 3.13. The lowest BCUT2D eigenvalue weighted by Crippen LogP contribution is -2.36. The summed E-state index contributed by atoms with van der Waals surface area (Å²) in [5.41, 5.74) is 1.66. The van der Waals surface area contributed by atoms with Gasteiger partial charge in [0.05, 0.1) is 12.7 Å². The first-order valence-corrected chi connectivity index (χ1v) is 9.31. The van der Waals surface area contributed by atoms with Crippen LogP contribution in [0.25, 0.3) is 0 Å². The van der Waals surface area contributed by atoms with Gasteiger partial charge in [-0.3, -0.25) is 0 Å². The molecule has 3 nitrogen and oxygen atoms in total. The van der Waals surface area contributed by atoms with E-state index in [1.54, 1.807) is 0 Å². The molecule has 1 saturated heterocycles. The molecule has 2 aromatic rings. The van der Waals surface area contributed by atoms with Crippen LogP contribution < -0.4 is 0 Å². The first kappa shape index (κ1) is 18.1. The lowest BCUT2D eigenvalue weighted by Gasteiger charge is -2.34. The van der Waals surface area contributed by atoms with Crippen molar-refractivity contribution in [2.24, 2.45) is 5.92 Å². The minimum Gasteiger partial charge on any atom is -0.382 e. The Balaban J connectivity index is 1.95. The van der Waals surface area contributed by atoms with Gasteiger partial charge in [-0.25, -0.2) is 0 Å². The van der Waals surface area contributed by atoms with E-state index in [0.717, 1.165) is 30.4 Å². The Hall–Kier alpha value is -1.68. The Labute approximate surface area is 150 Å². The van der Waals surface area contributed by atoms with Crippen molar-refractivity contribution in [2.75, 3.05) is 6.61 Å². The summed E-state index contributed by atoms with van der Waals surface area (Å²) in [4.78, 5) is 0. The Bertz CT molecular complexity index is 643. The molecule has 0 aromatic heterocycles. The molecule has 0 spiro atoms. The zero-order chi connectivity index (χ0) is 17.7.